The van der Waals surface area contributed by atoms with Gasteiger partial charge in [0.15, 0.2) is 0 Å². The molecule has 19 heavy (non-hydrogen) atoms. The summed E-state index contributed by atoms with van der Waals surface area (Å²) in [5.74, 6) is -2.58. The van der Waals surface area contributed by atoms with E-state index in [0.717, 1.165) is 18.2 Å². The van der Waals surface area contributed by atoms with Crippen molar-refractivity contribution >= 4 is 16.0 Å². The maximum absolute atomic E-state index is 13.1. The number of sulfonamides is 1. The Kier molecular flexibility index (Phi) is 4.28. The molecule has 1 aromatic rings. The first-order valence-electron chi connectivity index (χ1n) is 5.28. The second-order valence-electron chi connectivity index (χ2n) is 4.58. The number of carboxylic acid groups (broad SMARTS) is 1. The number of nitrogens with one attached hydrogen (secondary N) is 1. The summed E-state index contributed by atoms with van der Waals surface area (Å²) in [5, 5.41) is 18.2. The molecule has 0 atom stereocenters. The molecule has 0 aliphatic rings. The van der Waals surface area contributed by atoms with Gasteiger partial charge in [0.25, 0.3) is 0 Å². The normalized spacial score (nSPS) is 12.4. The monoisotopic (exact) mass is 291 g/mol. The van der Waals surface area contributed by atoms with Crippen LogP contribution in [0.3, 0.4) is 0 Å². The van der Waals surface area contributed by atoms with E-state index >= 15 is 0 Å². The molecule has 8 heteroatoms. The van der Waals surface area contributed by atoms with Gasteiger partial charge in [-0.25, -0.2) is 22.3 Å². The van der Waals surface area contributed by atoms with Crippen molar-refractivity contribution in [1.82, 2.24) is 4.72 Å². The average molecular weight is 291 g/mol. The van der Waals surface area contributed by atoms with Gasteiger partial charge >= 0.3 is 5.97 Å². The molecular weight excluding hydrogens is 277 g/mol. The van der Waals surface area contributed by atoms with Gasteiger partial charge < -0.3 is 10.2 Å². The van der Waals surface area contributed by atoms with E-state index in [9.17, 15) is 22.7 Å². The van der Waals surface area contributed by atoms with Crippen LogP contribution in [0.1, 0.15) is 24.2 Å². The lowest BCUT2D eigenvalue weighted by Crippen LogP contribution is -2.38. The Morgan fingerprint density at radius 3 is 2.47 bits per heavy atom. The van der Waals surface area contributed by atoms with Crippen molar-refractivity contribution in [2.45, 2.75) is 24.3 Å². The van der Waals surface area contributed by atoms with Gasteiger partial charge in [-0.3, -0.25) is 0 Å². The molecule has 0 saturated carbocycles. The highest BCUT2D eigenvalue weighted by Crippen LogP contribution is 2.15. The third-order valence-corrected chi connectivity index (χ3v) is 3.57. The van der Waals surface area contributed by atoms with Crippen molar-refractivity contribution in [2.24, 2.45) is 0 Å². The van der Waals surface area contributed by atoms with E-state index in [0.29, 0.717) is 0 Å². The number of carbonyl (C=O) groups is 1. The fourth-order valence-electron chi connectivity index (χ4n) is 1.19. The van der Waals surface area contributed by atoms with Crippen LogP contribution >= 0.6 is 0 Å². The van der Waals surface area contributed by atoms with E-state index in [1.54, 1.807) is 0 Å². The van der Waals surface area contributed by atoms with Crippen LogP contribution < -0.4 is 4.72 Å². The van der Waals surface area contributed by atoms with Gasteiger partial charge in [0.05, 0.1) is 16.1 Å². The zero-order valence-electron chi connectivity index (χ0n) is 10.3. The van der Waals surface area contributed by atoms with Crippen molar-refractivity contribution in [3.63, 3.8) is 0 Å². The first-order valence-corrected chi connectivity index (χ1v) is 6.76. The van der Waals surface area contributed by atoms with Crippen LogP contribution in [0.5, 0.6) is 0 Å². The SMILES string of the molecule is CC(C)(O)CNS(=O)(=O)c1ccc(F)c(C(=O)O)c1. The van der Waals surface area contributed by atoms with Crippen LogP contribution in [0.15, 0.2) is 23.1 Å². The molecule has 1 rings (SSSR count). The summed E-state index contributed by atoms with van der Waals surface area (Å²) >= 11 is 0. The highest BCUT2D eigenvalue weighted by Gasteiger charge is 2.22. The third-order valence-electron chi connectivity index (χ3n) is 2.17. The molecule has 6 nitrogen and oxygen atoms in total. The van der Waals surface area contributed by atoms with Gasteiger partial charge in [-0.15, -0.1) is 0 Å². The highest BCUT2D eigenvalue weighted by atomic mass is 32.2. The molecule has 0 aliphatic heterocycles. The number of benzene rings is 1. The quantitative estimate of drug-likeness (QED) is 0.736. The third kappa shape index (κ3) is 4.27. The van der Waals surface area contributed by atoms with Gasteiger partial charge in [-0.2, -0.15) is 0 Å². The summed E-state index contributed by atoms with van der Waals surface area (Å²) in [6.45, 7) is 2.56. The molecule has 0 bridgehead atoms. The van der Waals surface area contributed by atoms with Crippen molar-refractivity contribution in [3.8, 4) is 0 Å². The molecule has 0 heterocycles. The second-order valence-corrected chi connectivity index (χ2v) is 6.35. The molecule has 0 aliphatic carbocycles. The maximum atomic E-state index is 13.1. The lowest BCUT2D eigenvalue weighted by Gasteiger charge is -2.17. The van der Waals surface area contributed by atoms with Gasteiger partial charge in [0.1, 0.15) is 5.82 Å². The van der Waals surface area contributed by atoms with E-state index in [-0.39, 0.29) is 11.4 Å². The Balaban J connectivity index is 3.09. The van der Waals surface area contributed by atoms with E-state index in [2.05, 4.69) is 4.72 Å². The minimum atomic E-state index is -4.01. The summed E-state index contributed by atoms with van der Waals surface area (Å²) in [4.78, 5) is 10.3. The molecule has 0 unspecified atom stereocenters. The minimum absolute atomic E-state index is 0.255. The summed E-state index contributed by atoms with van der Waals surface area (Å²) in [6.07, 6.45) is 0. The topological polar surface area (TPSA) is 104 Å². The fourth-order valence-corrected chi connectivity index (χ4v) is 2.42. The van der Waals surface area contributed by atoms with E-state index in [1.807, 2.05) is 0 Å². The molecule has 3 N–H and O–H groups in total. The lowest BCUT2D eigenvalue weighted by molar-refractivity contribution is 0.0691. The second kappa shape index (κ2) is 5.24. The molecule has 1 aromatic carbocycles. The molecule has 0 radical (unpaired) electrons. The predicted molar refractivity (Wildman–Crippen MR) is 64.8 cm³/mol. The minimum Gasteiger partial charge on any atom is -0.478 e. The smallest absolute Gasteiger partial charge is 0.338 e. The lowest BCUT2D eigenvalue weighted by atomic mass is 10.1. The summed E-state index contributed by atoms with van der Waals surface area (Å²) in [7, 11) is -4.01. The zero-order valence-corrected chi connectivity index (χ0v) is 11.2. The first kappa shape index (κ1) is 15.5. The molecular formula is C11H14FNO5S. The average Bonchev–Trinajstić information content (AvgIpc) is 2.25. The van der Waals surface area contributed by atoms with Crippen LogP contribution in [0, 0.1) is 5.82 Å². The Morgan fingerprint density at radius 2 is 2.00 bits per heavy atom. The number of aromatic carboxylic acids is 1. The molecule has 0 spiro atoms. The maximum Gasteiger partial charge on any atom is 0.338 e. The molecule has 0 aromatic heterocycles. The number of rotatable bonds is 5. The molecule has 106 valence electrons. The Hall–Kier alpha value is -1.51. The number of hydrogen-bond donors (Lipinski definition) is 3. The van der Waals surface area contributed by atoms with Gasteiger partial charge in [-0.1, -0.05) is 0 Å². The van der Waals surface area contributed by atoms with Crippen LogP contribution in [-0.2, 0) is 10.0 Å². The Labute approximate surface area is 109 Å². The van der Waals surface area contributed by atoms with E-state index in [4.69, 9.17) is 5.11 Å². The number of halogens is 1. The highest BCUT2D eigenvalue weighted by molar-refractivity contribution is 7.89. The first-order chi connectivity index (χ1) is 8.53. The van der Waals surface area contributed by atoms with Crippen LogP contribution in [-0.4, -0.2) is 36.7 Å². The fraction of sp³-hybridized carbons (Fsp3) is 0.364. The molecule has 0 fully saturated rings. The van der Waals surface area contributed by atoms with Crippen LogP contribution in [0.2, 0.25) is 0 Å². The van der Waals surface area contributed by atoms with Crippen molar-refractivity contribution in [1.29, 1.82) is 0 Å². The molecule has 0 amide bonds. The van der Waals surface area contributed by atoms with E-state index < -0.39 is 33.0 Å². The zero-order chi connectivity index (χ0) is 14.8. The summed E-state index contributed by atoms with van der Waals surface area (Å²) < 4.78 is 38.9. The van der Waals surface area contributed by atoms with Crippen molar-refractivity contribution < 1.29 is 27.8 Å². The molecule has 0 saturated heterocycles. The van der Waals surface area contributed by atoms with Crippen molar-refractivity contribution in [2.75, 3.05) is 6.54 Å². The van der Waals surface area contributed by atoms with Crippen LogP contribution in [0.25, 0.3) is 0 Å². The number of hydrogen-bond acceptors (Lipinski definition) is 4. The Morgan fingerprint density at radius 1 is 1.42 bits per heavy atom. The predicted octanol–water partition coefficient (Wildman–Crippen LogP) is 0.573. The van der Waals surface area contributed by atoms with Gasteiger partial charge in [-0.05, 0) is 32.0 Å². The number of aliphatic hydroxyl groups is 1. The summed E-state index contributed by atoms with van der Waals surface area (Å²) in [5.41, 5.74) is -1.99. The van der Waals surface area contributed by atoms with E-state index in [1.165, 1.54) is 13.8 Å². The van der Waals surface area contributed by atoms with Crippen molar-refractivity contribution in [3.05, 3.63) is 29.6 Å². The van der Waals surface area contributed by atoms with Crippen LogP contribution in [0.4, 0.5) is 4.39 Å². The number of carboxylic acids is 1. The summed E-state index contributed by atoms with van der Waals surface area (Å²) in [6, 6.07) is 2.45. The van der Waals surface area contributed by atoms with Gasteiger partial charge in [0.2, 0.25) is 10.0 Å². The standard InChI is InChI=1S/C11H14FNO5S/c1-11(2,16)6-13-19(17,18)7-3-4-9(12)8(5-7)10(14)15/h3-5,13,16H,6H2,1-2H3,(H,14,15). The largest absolute Gasteiger partial charge is 0.478 e. The van der Waals surface area contributed by atoms with Gasteiger partial charge in [0, 0.05) is 6.54 Å². The Bertz CT molecular complexity index is 592.